The molecule has 0 spiro atoms. The van der Waals surface area contributed by atoms with Gasteiger partial charge in [-0.25, -0.2) is 0 Å². The number of amides is 1. The number of nitrogens with two attached hydrogens (primary N) is 1. The summed E-state index contributed by atoms with van der Waals surface area (Å²) < 4.78 is 5.35. The fourth-order valence-electron chi connectivity index (χ4n) is 2.92. The smallest absolute Gasteiger partial charge is 0.226 e. The third-order valence-corrected chi connectivity index (χ3v) is 4.47. The Morgan fingerprint density at radius 3 is 2.35 bits per heavy atom. The Morgan fingerprint density at radius 2 is 1.82 bits per heavy atom. The van der Waals surface area contributed by atoms with Crippen molar-refractivity contribution in [2.45, 2.75) is 51.0 Å². The van der Waals surface area contributed by atoms with E-state index in [4.69, 9.17) is 10.5 Å². The average Bonchev–Trinajstić information content (AvgIpc) is 2.79. The van der Waals surface area contributed by atoms with Crippen LogP contribution in [0.25, 0.3) is 0 Å². The van der Waals surface area contributed by atoms with E-state index in [9.17, 15) is 4.79 Å². The molecule has 1 aliphatic carbocycles. The topological polar surface area (TPSA) is 64.4 Å². The number of nitrogens with one attached hydrogen (secondary N) is 1. The van der Waals surface area contributed by atoms with Crippen LogP contribution in [0.3, 0.4) is 0 Å². The summed E-state index contributed by atoms with van der Waals surface area (Å²) in [7, 11) is 0. The van der Waals surface area contributed by atoms with E-state index >= 15 is 0 Å². The van der Waals surface area contributed by atoms with Crippen molar-refractivity contribution in [3.8, 4) is 0 Å². The zero-order chi connectivity index (χ0) is 12.4. The molecule has 4 nitrogen and oxygen atoms in total. The third-order valence-electron chi connectivity index (χ3n) is 4.47. The molecule has 4 heteroatoms. The summed E-state index contributed by atoms with van der Waals surface area (Å²) in [5.74, 6) is 0.197. The Bertz CT molecular complexity index is 279. The normalized spacial score (nSPS) is 26.7. The lowest BCUT2D eigenvalue weighted by molar-refractivity contribution is -0.133. The molecule has 0 aromatic rings. The molecule has 1 amide bonds. The summed E-state index contributed by atoms with van der Waals surface area (Å²) in [5.41, 5.74) is 5.47. The van der Waals surface area contributed by atoms with Gasteiger partial charge in [-0.05, 0) is 25.7 Å². The number of hydrogen-bond donors (Lipinski definition) is 2. The number of rotatable bonds is 3. The molecule has 0 atom stereocenters. The Morgan fingerprint density at radius 1 is 1.24 bits per heavy atom. The van der Waals surface area contributed by atoms with Crippen molar-refractivity contribution in [3.05, 3.63) is 0 Å². The molecular weight excluding hydrogens is 216 g/mol. The highest BCUT2D eigenvalue weighted by Crippen LogP contribution is 2.38. The molecule has 1 heterocycles. The summed E-state index contributed by atoms with van der Waals surface area (Å²) in [6, 6.07) is 0. The van der Waals surface area contributed by atoms with E-state index in [2.05, 4.69) is 12.2 Å². The quantitative estimate of drug-likeness (QED) is 0.779. The Kier molecular flexibility index (Phi) is 3.73. The van der Waals surface area contributed by atoms with Gasteiger partial charge in [0.25, 0.3) is 0 Å². The molecular formula is C13H24N2O2. The van der Waals surface area contributed by atoms with Crippen molar-refractivity contribution in [1.29, 1.82) is 0 Å². The fourth-order valence-corrected chi connectivity index (χ4v) is 2.92. The van der Waals surface area contributed by atoms with E-state index in [1.54, 1.807) is 0 Å². The van der Waals surface area contributed by atoms with Gasteiger partial charge in [0.1, 0.15) is 0 Å². The molecule has 2 rings (SSSR count). The molecule has 17 heavy (non-hydrogen) atoms. The second-order valence-corrected chi connectivity index (χ2v) is 5.82. The minimum atomic E-state index is -0.221. The first-order chi connectivity index (χ1) is 8.10. The number of hydrogen-bond acceptors (Lipinski definition) is 3. The van der Waals surface area contributed by atoms with Gasteiger partial charge in [0, 0.05) is 25.2 Å². The van der Waals surface area contributed by atoms with Crippen LogP contribution in [0.15, 0.2) is 0 Å². The van der Waals surface area contributed by atoms with E-state index in [0.29, 0.717) is 19.8 Å². The van der Waals surface area contributed by atoms with E-state index in [-0.39, 0.29) is 16.9 Å². The van der Waals surface area contributed by atoms with Crippen molar-refractivity contribution in [2.75, 3.05) is 19.8 Å². The number of ether oxygens (including phenoxy) is 1. The van der Waals surface area contributed by atoms with Gasteiger partial charge >= 0.3 is 0 Å². The lowest BCUT2D eigenvalue weighted by Gasteiger charge is -2.39. The molecule has 1 saturated carbocycles. The van der Waals surface area contributed by atoms with Crippen molar-refractivity contribution in [2.24, 2.45) is 11.1 Å². The van der Waals surface area contributed by atoms with Crippen LogP contribution in [-0.4, -0.2) is 31.2 Å². The van der Waals surface area contributed by atoms with Crippen molar-refractivity contribution in [3.63, 3.8) is 0 Å². The van der Waals surface area contributed by atoms with Gasteiger partial charge in [0.2, 0.25) is 5.91 Å². The zero-order valence-electron chi connectivity index (χ0n) is 10.8. The van der Waals surface area contributed by atoms with Crippen LogP contribution >= 0.6 is 0 Å². The van der Waals surface area contributed by atoms with Gasteiger partial charge in [-0.15, -0.1) is 0 Å². The van der Waals surface area contributed by atoms with Crippen LogP contribution in [0.4, 0.5) is 0 Å². The third kappa shape index (κ3) is 2.63. The Balaban J connectivity index is 2.00. The van der Waals surface area contributed by atoms with Gasteiger partial charge in [0.15, 0.2) is 0 Å². The Labute approximate surface area is 103 Å². The zero-order valence-corrected chi connectivity index (χ0v) is 10.8. The van der Waals surface area contributed by atoms with Gasteiger partial charge in [-0.3, -0.25) is 4.79 Å². The van der Waals surface area contributed by atoms with E-state index < -0.39 is 0 Å². The predicted molar refractivity (Wildman–Crippen MR) is 66.6 cm³/mol. The minimum absolute atomic E-state index is 0.166. The SMILES string of the molecule is CC1(C(=O)NC2(CN)CCOCC2)CCCC1. The molecule has 0 bridgehead atoms. The first-order valence-corrected chi connectivity index (χ1v) is 6.71. The van der Waals surface area contributed by atoms with Crippen molar-refractivity contribution in [1.82, 2.24) is 5.32 Å². The highest BCUT2D eigenvalue weighted by Gasteiger charge is 2.41. The lowest BCUT2D eigenvalue weighted by Crippen LogP contribution is -2.59. The van der Waals surface area contributed by atoms with E-state index in [1.807, 2.05) is 0 Å². The van der Waals surface area contributed by atoms with E-state index in [0.717, 1.165) is 25.7 Å². The summed E-state index contributed by atoms with van der Waals surface area (Å²) in [5, 5.41) is 3.22. The maximum absolute atomic E-state index is 12.4. The van der Waals surface area contributed by atoms with Crippen LogP contribution in [0.5, 0.6) is 0 Å². The summed E-state index contributed by atoms with van der Waals surface area (Å²) in [4.78, 5) is 12.4. The maximum atomic E-state index is 12.4. The summed E-state index contributed by atoms with van der Waals surface area (Å²) in [6.07, 6.45) is 6.04. The summed E-state index contributed by atoms with van der Waals surface area (Å²) in [6.45, 7) is 4.00. The predicted octanol–water partition coefficient (Wildman–Crippen LogP) is 1.19. The molecule has 2 fully saturated rings. The molecule has 1 saturated heterocycles. The second kappa shape index (κ2) is 4.94. The summed E-state index contributed by atoms with van der Waals surface area (Å²) >= 11 is 0. The van der Waals surface area contributed by atoms with Gasteiger partial charge < -0.3 is 15.8 Å². The minimum Gasteiger partial charge on any atom is -0.381 e. The van der Waals surface area contributed by atoms with Crippen molar-refractivity contribution >= 4 is 5.91 Å². The molecule has 3 N–H and O–H groups in total. The van der Waals surface area contributed by atoms with Crippen LogP contribution in [0.1, 0.15) is 45.4 Å². The molecule has 1 aliphatic heterocycles. The number of carbonyl (C=O) groups excluding carboxylic acids is 1. The van der Waals surface area contributed by atoms with Crippen LogP contribution in [0.2, 0.25) is 0 Å². The van der Waals surface area contributed by atoms with Crippen LogP contribution in [0, 0.1) is 5.41 Å². The van der Waals surface area contributed by atoms with Gasteiger partial charge in [-0.1, -0.05) is 19.8 Å². The number of carbonyl (C=O) groups is 1. The molecule has 0 radical (unpaired) electrons. The standard InChI is InChI=1S/C13H24N2O2/c1-12(4-2-3-5-12)11(16)15-13(10-14)6-8-17-9-7-13/h2-10,14H2,1H3,(H,15,16). The highest BCUT2D eigenvalue weighted by atomic mass is 16.5. The largest absolute Gasteiger partial charge is 0.381 e. The molecule has 0 aromatic heterocycles. The molecule has 2 aliphatic rings. The first kappa shape index (κ1) is 12.8. The highest BCUT2D eigenvalue weighted by molar-refractivity contribution is 5.83. The fraction of sp³-hybridized carbons (Fsp3) is 0.923. The molecule has 0 aromatic carbocycles. The van der Waals surface area contributed by atoms with Crippen molar-refractivity contribution < 1.29 is 9.53 Å². The molecule has 0 unspecified atom stereocenters. The maximum Gasteiger partial charge on any atom is 0.226 e. The lowest BCUT2D eigenvalue weighted by atomic mass is 9.84. The first-order valence-electron chi connectivity index (χ1n) is 6.71. The van der Waals surface area contributed by atoms with Gasteiger partial charge in [0.05, 0.1) is 5.54 Å². The molecule has 98 valence electrons. The monoisotopic (exact) mass is 240 g/mol. The van der Waals surface area contributed by atoms with E-state index in [1.165, 1.54) is 12.8 Å². The van der Waals surface area contributed by atoms with Crippen LogP contribution in [-0.2, 0) is 9.53 Å². The van der Waals surface area contributed by atoms with Gasteiger partial charge in [-0.2, -0.15) is 0 Å². The second-order valence-electron chi connectivity index (χ2n) is 5.82. The Hall–Kier alpha value is -0.610. The van der Waals surface area contributed by atoms with Crippen LogP contribution < -0.4 is 11.1 Å². The average molecular weight is 240 g/mol.